The summed E-state index contributed by atoms with van der Waals surface area (Å²) in [6.07, 6.45) is 28.8. The monoisotopic (exact) mass is 378 g/mol. The van der Waals surface area contributed by atoms with Crippen molar-refractivity contribution < 1.29 is 4.74 Å². The van der Waals surface area contributed by atoms with Crippen LogP contribution in [0.5, 0.6) is 0 Å². The van der Waals surface area contributed by atoms with E-state index in [1.807, 2.05) is 0 Å². The van der Waals surface area contributed by atoms with Gasteiger partial charge in [-0.1, -0.05) is 124 Å². The van der Waals surface area contributed by atoms with Crippen LogP contribution in [0.3, 0.4) is 0 Å². The van der Waals surface area contributed by atoms with Crippen LogP contribution >= 0.6 is 0 Å². The van der Waals surface area contributed by atoms with E-state index in [0.717, 1.165) is 5.92 Å². The second kappa shape index (κ2) is 13.2. The van der Waals surface area contributed by atoms with Crippen LogP contribution in [-0.2, 0) is 4.74 Å². The third-order valence-electron chi connectivity index (χ3n) is 7.57. The van der Waals surface area contributed by atoms with Crippen molar-refractivity contribution >= 4 is 0 Å². The molecule has 0 amide bonds. The van der Waals surface area contributed by atoms with Crippen LogP contribution in [0.25, 0.3) is 0 Å². The lowest BCUT2D eigenvalue weighted by Gasteiger charge is -2.36. The molecule has 1 heterocycles. The molecule has 3 atom stereocenters. The second-order valence-electron chi connectivity index (χ2n) is 10.3. The lowest BCUT2D eigenvalue weighted by atomic mass is 9.67. The summed E-state index contributed by atoms with van der Waals surface area (Å²) in [5.74, 6) is 0.910. The van der Waals surface area contributed by atoms with Gasteiger partial charge < -0.3 is 4.74 Å². The number of rotatable bonds is 17. The normalized spacial score (nSPS) is 26.1. The first-order valence-electron chi connectivity index (χ1n) is 12.8. The molecule has 2 fully saturated rings. The van der Waals surface area contributed by atoms with Crippen molar-refractivity contribution in [3.8, 4) is 0 Å². The Hall–Kier alpha value is -0.0400. The number of hydrogen-bond acceptors (Lipinski definition) is 1. The summed E-state index contributed by atoms with van der Waals surface area (Å²) in [6, 6.07) is 0. The first-order valence-corrected chi connectivity index (χ1v) is 12.8. The van der Waals surface area contributed by atoms with Gasteiger partial charge in [-0.25, -0.2) is 0 Å². The molecule has 1 aliphatic carbocycles. The average molecular weight is 379 g/mol. The summed E-state index contributed by atoms with van der Waals surface area (Å²) in [4.78, 5) is 0. The number of fused-ring (bicyclic) bond motifs is 1. The largest absolute Gasteiger partial charge is 0.369 e. The van der Waals surface area contributed by atoms with Crippen molar-refractivity contribution in [3.63, 3.8) is 0 Å². The third-order valence-corrected chi connectivity index (χ3v) is 7.57. The van der Waals surface area contributed by atoms with Gasteiger partial charge in [-0.05, 0) is 30.6 Å². The molecule has 0 aromatic carbocycles. The lowest BCUT2D eigenvalue weighted by molar-refractivity contribution is 0.129. The molecular weight excluding hydrogens is 328 g/mol. The van der Waals surface area contributed by atoms with E-state index in [1.165, 1.54) is 122 Å². The van der Waals surface area contributed by atoms with E-state index >= 15 is 0 Å². The van der Waals surface area contributed by atoms with Gasteiger partial charge in [-0.2, -0.15) is 0 Å². The maximum Gasteiger partial charge on any atom is 0.0895 e. The third kappa shape index (κ3) is 8.88. The van der Waals surface area contributed by atoms with Crippen LogP contribution in [0.2, 0.25) is 0 Å². The quantitative estimate of drug-likeness (QED) is 0.182. The van der Waals surface area contributed by atoms with Crippen molar-refractivity contribution in [2.75, 3.05) is 0 Å². The molecule has 0 spiro atoms. The van der Waals surface area contributed by atoms with E-state index < -0.39 is 0 Å². The van der Waals surface area contributed by atoms with Crippen LogP contribution in [0.15, 0.2) is 0 Å². The van der Waals surface area contributed by atoms with Gasteiger partial charge >= 0.3 is 0 Å². The molecule has 0 bridgehead atoms. The van der Waals surface area contributed by atoms with Gasteiger partial charge in [-0.3, -0.25) is 0 Å². The summed E-state index contributed by atoms with van der Waals surface area (Å²) >= 11 is 0. The van der Waals surface area contributed by atoms with Gasteiger partial charge in [0.2, 0.25) is 0 Å². The fourth-order valence-electron chi connectivity index (χ4n) is 5.44. The van der Waals surface area contributed by atoms with Crippen LogP contribution in [0.1, 0.15) is 143 Å². The molecule has 1 nitrogen and oxygen atoms in total. The molecule has 0 N–H and O–H groups in total. The summed E-state index contributed by atoms with van der Waals surface area (Å²) in [7, 11) is 0. The maximum atomic E-state index is 5.86. The summed E-state index contributed by atoms with van der Waals surface area (Å²) in [5, 5.41) is 0. The van der Waals surface area contributed by atoms with E-state index in [2.05, 4.69) is 20.8 Å². The Morgan fingerprint density at radius 3 is 1.56 bits per heavy atom. The van der Waals surface area contributed by atoms with E-state index in [-0.39, 0.29) is 0 Å². The molecule has 160 valence electrons. The Bertz CT molecular complexity index is 361. The van der Waals surface area contributed by atoms with Crippen LogP contribution in [0.4, 0.5) is 0 Å². The molecule has 2 rings (SSSR count). The number of hydrogen-bond donors (Lipinski definition) is 0. The molecule has 27 heavy (non-hydrogen) atoms. The maximum absolute atomic E-state index is 5.86. The zero-order valence-electron chi connectivity index (χ0n) is 19.1. The number of epoxide rings is 1. The molecule has 1 saturated heterocycles. The Kier molecular flexibility index (Phi) is 11.4. The average Bonchev–Trinajstić information content (AvgIpc) is 3.44. The molecule has 1 aliphatic heterocycles. The highest BCUT2D eigenvalue weighted by molar-refractivity contribution is 5.03. The van der Waals surface area contributed by atoms with Crippen molar-refractivity contribution in [3.05, 3.63) is 0 Å². The predicted octanol–water partition coefficient (Wildman–Crippen LogP) is 8.84. The molecule has 2 aliphatic rings. The van der Waals surface area contributed by atoms with Gasteiger partial charge in [0.15, 0.2) is 0 Å². The van der Waals surface area contributed by atoms with Crippen LogP contribution in [0, 0.1) is 11.3 Å². The molecule has 3 unspecified atom stereocenters. The summed E-state index contributed by atoms with van der Waals surface area (Å²) in [6.45, 7) is 7.21. The smallest absolute Gasteiger partial charge is 0.0895 e. The number of ether oxygens (including phenoxy) is 1. The zero-order chi connectivity index (χ0) is 19.4. The van der Waals surface area contributed by atoms with Gasteiger partial charge in [-0.15, -0.1) is 0 Å². The Balaban J connectivity index is 1.29. The van der Waals surface area contributed by atoms with Gasteiger partial charge in [0.05, 0.1) is 12.2 Å². The highest BCUT2D eigenvalue weighted by atomic mass is 16.6. The second-order valence-corrected chi connectivity index (χ2v) is 10.3. The van der Waals surface area contributed by atoms with Crippen molar-refractivity contribution in [1.29, 1.82) is 0 Å². The van der Waals surface area contributed by atoms with Gasteiger partial charge in [0, 0.05) is 0 Å². The van der Waals surface area contributed by atoms with Crippen molar-refractivity contribution in [1.82, 2.24) is 0 Å². The zero-order valence-corrected chi connectivity index (χ0v) is 19.1. The van der Waals surface area contributed by atoms with Crippen LogP contribution < -0.4 is 0 Å². The first kappa shape index (κ1) is 23.2. The summed E-state index contributed by atoms with van der Waals surface area (Å²) < 4.78 is 5.86. The fraction of sp³-hybridized carbons (Fsp3) is 1.00. The lowest BCUT2D eigenvalue weighted by Crippen LogP contribution is -2.34. The number of unbranched alkanes of at least 4 members (excludes halogenated alkanes) is 15. The highest BCUT2D eigenvalue weighted by Gasteiger charge is 2.55. The van der Waals surface area contributed by atoms with Gasteiger partial charge in [0.1, 0.15) is 0 Å². The molecule has 1 saturated carbocycles. The van der Waals surface area contributed by atoms with E-state index in [1.54, 1.807) is 0 Å². The molecule has 1 heteroatoms. The molecule has 0 aromatic heterocycles. The summed E-state index contributed by atoms with van der Waals surface area (Å²) in [5.41, 5.74) is 0.443. The molecule has 0 radical (unpaired) electrons. The minimum Gasteiger partial charge on any atom is -0.369 e. The van der Waals surface area contributed by atoms with Crippen molar-refractivity contribution in [2.45, 2.75) is 155 Å². The van der Waals surface area contributed by atoms with Crippen LogP contribution in [-0.4, -0.2) is 12.2 Å². The highest BCUT2D eigenvalue weighted by Crippen LogP contribution is 2.53. The Labute approximate surface area is 171 Å². The standard InChI is InChI=1S/C26H50O/c1-4-5-6-7-8-9-10-11-12-13-14-15-16-17-18-19-20-23-21-22-24-25(27-24)26(23,2)3/h23-25H,4-22H2,1-3H3. The molecular formula is C26H50O. The fourth-order valence-corrected chi connectivity index (χ4v) is 5.44. The molecule has 0 aromatic rings. The topological polar surface area (TPSA) is 12.5 Å². The van der Waals surface area contributed by atoms with E-state index in [4.69, 9.17) is 4.74 Å². The predicted molar refractivity (Wildman–Crippen MR) is 119 cm³/mol. The SMILES string of the molecule is CCCCCCCCCCCCCCCCCCC1CCC2OC2C1(C)C. The van der Waals surface area contributed by atoms with Crippen molar-refractivity contribution in [2.24, 2.45) is 11.3 Å². The minimum atomic E-state index is 0.443. The van der Waals surface area contributed by atoms with E-state index in [0.29, 0.717) is 17.6 Å². The van der Waals surface area contributed by atoms with E-state index in [9.17, 15) is 0 Å². The first-order chi connectivity index (χ1) is 13.2. The Morgan fingerprint density at radius 2 is 1.07 bits per heavy atom. The minimum absolute atomic E-state index is 0.443. The Morgan fingerprint density at radius 1 is 0.630 bits per heavy atom. The van der Waals surface area contributed by atoms with Gasteiger partial charge in [0.25, 0.3) is 0 Å².